The lowest BCUT2D eigenvalue weighted by Gasteiger charge is -2.35. The number of carbonyl (C=O) groups is 2. The predicted octanol–water partition coefficient (Wildman–Crippen LogP) is 2.96. The van der Waals surface area contributed by atoms with Crippen LogP contribution in [0.15, 0.2) is 24.3 Å². The first-order valence-electron chi connectivity index (χ1n) is 11.7. The van der Waals surface area contributed by atoms with E-state index in [-0.39, 0.29) is 11.9 Å². The van der Waals surface area contributed by atoms with E-state index in [4.69, 9.17) is 0 Å². The van der Waals surface area contributed by atoms with Gasteiger partial charge in [-0.1, -0.05) is 24.3 Å². The lowest BCUT2D eigenvalue weighted by molar-refractivity contribution is -0.136. The summed E-state index contributed by atoms with van der Waals surface area (Å²) in [6.45, 7) is 10.0. The van der Waals surface area contributed by atoms with Gasteiger partial charge in [0, 0.05) is 64.8 Å². The highest BCUT2D eigenvalue weighted by Gasteiger charge is 2.32. The Hall–Kier alpha value is -2.08. The Morgan fingerprint density at radius 2 is 1.47 bits per heavy atom. The molecule has 0 aromatic heterocycles. The van der Waals surface area contributed by atoms with Crippen LogP contribution in [-0.4, -0.2) is 83.9 Å². The Balaban J connectivity index is 1.25. The van der Waals surface area contributed by atoms with Crippen molar-refractivity contribution in [3.05, 3.63) is 35.4 Å². The number of urea groups is 1. The molecule has 6 heteroatoms. The fraction of sp³-hybridized carbons (Fsp3) is 0.667. The molecule has 0 unspecified atom stereocenters. The summed E-state index contributed by atoms with van der Waals surface area (Å²) in [5.74, 6) is 0.386. The topological polar surface area (TPSA) is 47.1 Å². The minimum atomic E-state index is 0.0792. The van der Waals surface area contributed by atoms with Crippen molar-refractivity contribution < 1.29 is 9.59 Å². The number of nitrogens with zero attached hydrogens (tertiary/aromatic N) is 4. The van der Waals surface area contributed by atoms with Crippen molar-refractivity contribution in [2.75, 3.05) is 52.4 Å². The number of likely N-dealkylation sites (tertiary alicyclic amines) is 2. The third-order valence-corrected chi connectivity index (χ3v) is 7.05. The summed E-state index contributed by atoms with van der Waals surface area (Å²) in [6.07, 6.45) is 4.89. The van der Waals surface area contributed by atoms with Crippen LogP contribution >= 0.6 is 0 Å². The van der Waals surface area contributed by atoms with Crippen molar-refractivity contribution in [1.29, 1.82) is 0 Å². The number of piperidine rings is 1. The van der Waals surface area contributed by atoms with Gasteiger partial charge < -0.3 is 14.7 Å². The molecule has 3 amide bonds. The fourth-order valence-electron chi connectivity index (χ4n) is 5.06. The summed E-state index contributed by atoms with van der Waals surface area (Å²) < 4.78 is 0. The molecule has 0 bridgehead atoms. The minimum absolute atomic E-state index is 0.0792. The van der Waals surface area contributed by atoms with Crippen LogP contribution in [0, 0.1) is 12.8 Å². The standard InChI is InChI=1S/C24H36N4O2/c1-20-7-2-3-8-22(20)19-25-11-6-14-26(18-17-25)23(29)21-9-15-28(16-10-21)24(30)27-12-4-5-13-27/h2-3,7-8,21H,4-6,9-19H2,1H3. The molecule has 0 saturated carbocycles. The van der Waals surface area contributed by atoms with Crippen LogP contribution in [0.25, 0.3) is 0 Å². The Morgan fingerprint density at radius 1 is 0.800 bits per heavy atom. The van der Waals surface area contributed by atoms with Gasteiger partial charge in [-0.3, -0.25) is 9.69 Å². The normalized spacial score (nSPS) is 21.7. The molecule has 1 aromatic carbocycles. The Bertz CT molecular complexity index is 738. The number of hydrogen-bond donors (Lipinski definition) is 0. The second-order valence-electron chi connectivity index (χ2n) is 9.12. The maximum Gasteiger partial charge on any atom is 0.319 e. The van der Waals surface area contributed by atoms with Crippen LogP contribution in [-0.2, 0) is 11.3 Å². The Labute approximate surface area is 180 Å². The van der Waals surface area contributed by atoms with E-state index in [0.29, 0.717) is 5.91 Å². The van der Waals surface area contributed by atoms with Crippen LogP contribution in [0.3, 0.4) is 0 Å². The first kappa shape index (κ1) is 21.2. The molecule has 0 aliphatic carbocycles. The maximum atomic E-state index is 13.2. The predicted molar refractivity (Wildman–Crippen MR) is 118 cm³/mol. The monoisotopic (exact) mass is 412 g/mol. The molecule has 3 fully saturated rings. The smallest absolute Gasteiger partial charge is 0.319 e. The van der Waals surface area contributed by atoms with Gasteiger partial charge in [0.2, 0.25) is 5.91 Å². The van der Waals surface area contributed by atoms with E-state index < -0.39 is 0 Å². The van der Waals surface area contributed by atoms with E-state index >= 15 is 0 Å². The molecule has 3 saturated heterocycles. The number of benzene rings is 1. The molecule has 1 aromatic rings. The maximum absolute atomic E-state index is 13.2. The molecule has 4 rings (SSSR count). The summed E-state index contributed by atoms with van der Waals surface area (Å²) in [5, 5.41) is 0. The van der Waals surface area contributed by atoms with Gasteiger partial charge in [-0.05, 0) is 50.2 Å². The molecule has 0 radical (unpaired) electrons. The zero-order valence-corrected chi connectivity index (χ0v) is 18.4. The second kappa shape index (κ2) is 9.82. The molecule has 6 nitrogen and oxygen atoms in total. The molecule has 0 N–H and O–H groups in total. The van der Waals surface area contributed by atoms with E-state index in [1.165, 1.54) is 11.1 Å². The van der Waals surface area contributed by atoms with Gasteiger partial charge in [0.1, 0.15) is 0 Å². The molecule has 0 atom stereocenters. The van der Waals surface area contributed by atoms with Crippen molar-refractivity contribution in [2.24, 2.45) is 5.92 Å². The minimum Gasteiger partial charge on any atom is -0.341 e. The quantitative estimate of drug-likeness (QED) is 0.767. The van der Waals surface area contributed by atoms with Gasteiger partial charge in [-0.25, -0.2) is 4.79 Å². The molecular weight excluding hydrogens is 376 g/mol. The fourth-order valence-corrected chi connectivity index (χ4v) is 5.06. The van der Waals surface area contributed by atoms with Gasteiger partial charge in [0.25, 0.3) is 0 Å². The summed E-state index contributed by atoms with van der Waals surface area (Å²) in [6, 6.07) is 8.76. The Kier molecular flexibility index (Phi) is 6.93. The van der Waals surface area contributed by atoms with Gasteiger partial charge >= 0.3 is 6.03 Å². The first-order chi connectivity index (χ1) is 14.6. The number of hydrogen-bond acceptors (Lipinski definition) is 3. The van der Waals surface area contributed by atoms with E-state index in [1.54, 1.807) is 0 Å². The van der Waals surface area contributed by atoms with Crippen LogP contribution in [0.1, 0.15) is 43.2 Å². The second-order valence-corrected chi connectivity index (χ2v) is 9.12. The van der Waals surface area contributed by atoms with Crippen LogP contribution in [0.4, 0.5) is 4.79 Å². The van der Waals surface area contributed by atoms with Gasteiger partial charge in [0.05, 0.1) is 0 Å². The summed E-state index contributed by atoms with van der Waals surface area (Å²) in [5.41, 5.74) is 2.72. The average molecular weight is 413 g/mol. The zero-order valence-electron chi connectivity index (χ0n) is 18.4. The zero-order chi connectivity index (χ0) is 20.9. The molecule has 3 heterocycles. The van der Waals surface area contributed by atoms with E-state index in [1.807, 2.05) is 9.80 Å². The van der Waals surface area contributed by atoms with Gasteiger partial charge in [-0.2, -0.15) is 0 Å². The van der Waals surface area contributed by atoms with E-state index in [9.17, 15) is 9.59 Å². The molecular formula is C24H36N4O2. The average Bonchev–Trinajstić information content (AvgIpc) is 3.21. The third kappa shape index (κ3) is 4.97. The number of amides is 3. The lowest BCUT2D eigenvalue weighted by Crippen LogP contribution is -2.48. The number of rotatable bonds is 3. The number of carbonyl (C=O) groups excluding carboxylic acids is 2. The highest BCUT2D eigenvalue weighted by molar-refractivity contribution is 5.80. The number of aryl methyl sites for hydroxylation is 1. The molecule has 3 aliphatic heterocycles. The van der Waals surface area contributed by atoms with E-state index in [0.717, 1.165) is 91.0 Å². The van der Waals surface area contributed by atoms with Crippen molar-refractivity contribution in [3.8, 4) is 0 Å². The molecule has 0 spiro atoms. The largest absolute Gasteiger partial charge is 0.341 e. The highest BCUT2D eigenvalue weighted by Crippen LogP contribution is 2.23. The highest BCUT2D eigenvalue weighted by atomic mass is 16.2. The van der Waals surface area contributed by atoms with Gasteiger partial charge in [0.15, 0.2) is 0 Å². The SMILES string of the molecule is Cc1ccccc1CN1CCCN(C(=O)C2CCN(C(=O)N3CCCC3)CC2)CC1. The lowest BCUT2D eigenvalue weighted by atomic mass is 9.95. The van der Waals surface area contributed by atoms with Crippen molar-refractivity contribution in [3.63, 3.8) is 0 Å². The third-order valence-electron chi connectivity index (χ3n) is 7.05. The summed E-state index contributed by atoms with van der Waals surface area (Å²) >= 11 is 0. The van der Waals surface area contributed by atoms with Crippen molar-refractivity contribution >= 4 is 11.9 Å². The van der Waals surface area contributed by atoms with Crippen LogP contribution in [0.5, 0.6) is 0 Å². The molecule has 30 heavy (non-hydrogen) atoms. The summed E-state index contributed by atoms with van der Waals surface area (Å²) in [7, 11) is 0. The van der Waals surface area contributed by atoms with Crippen LogP contribution in [0.2, 0.25) is 0 Å². The van der Waals surface area contributed by atoms with Crippen LogP contribution < -0.4 is 0 Å². The van der Waals surface area contributed by atoms with Gasteiger partial charge in [-0.15, -0.1) is 0 Å². The summed E-state index contributed by atoms with van der Waals surface area (Å²) in [4.78, 5) is 34.2. The van der Waals surface area contributed by atoms with E-state index in [2.05, 4.69) is 41.0 Å². The Morgan fingerprint density at radius 3 is 2.20 bits per heavy atom. The molecule has 3 aliphatic rings. The molecule has 164 valence electrons. The van der Waals surface area contributed by atoms with Crippen molar-refractivity contribution in [2.45, 2.75) is 45.6 Å². The van der Waals surface area contributed by atoms with Crippen molar-refractivity contribution in [1.82, 2.24) is 19.6 Å². The first-order valence-corrected chi connectivity index (χ1v) is 11.7.